The van der Waals surface area contributed by atoms with Gasteiger partial charge in [-0.25, -0.2) is 4.98 Å². The van der Waals surface area contributed by atoms with Gasteiger partial charge in [-0.05, 0) is 38.4 Å². The second-order valence-corrected chi connectivity index (χ2v) is 5.47. The Bertz CT molecular complexity index is 507. The van der Waals surface area contributed by atoms with E-state index in [0.29, 0.717) is 6.04 Å². The Balaban J connectivity index is 2.18. The minimum absolute atomic E-state index is 0.361. The first kappa shape index (κ1) is 13.2. The number of thiazole rings is 1. The molecule has 0 aliphatic rings. The zero-order valence-electron chi connectivity index (χ0n) is 11.1. The summed E-state index contributed by atoms with van der Waals surface area (Å²) in [7, 11) is 0. The molecule has 0 saturated heterocycles. The monoisotopic (exact) mass is 261 g/mol. The number of nitrogens with zero attached hydrogens (tertiary/aromatic N) is 2. The van der Waals surface area contributed by atoms with E-state index in [1.807, 2.05) is 18.5 Å². The van der Waals surface area contributed by atoms with E-state index >= 15 is 0 Å². The SMILES string of the molecule is CCCNC(C)c1cnc(-c2ncccc2C)s1. The van der Waals surface area contributed by atoms with Gasteiger partial charge in [-0.3, -0.25) is 4.98 Å². The molecule has 0 aliphatic heterocycles. The lowest BCUT2D eigenvalue weighted by Crippen LogP contribution is -2.18. The van der Waals surface area contributed by atoms with Crippen LogP contribution < -0.4 is 5.32 Å². The zero-order valence-corrected chi connectivity index (χ0v) is 11.9. The van der Waals surface area contributed by atoms with Gasteiger partial charge in [0.2, 0.25) is 0 Å². The van der Waals surface area contributed by atoms with Gasteiger partial charge in [0.15, 0.2) is 0 Å². The first-order chi connectivity index (χ1) is 8.72. The zero-order chi connectivity index (χ0) is 13.0. The summed E-state index contributed by atoms with van der Waals surface area (Å²) in [5.74, 6) is 0. The summed E-state index contributed by atoms with van der Waals surface area (Å²) < 4.78 is 0. The van der Waals surface area contributed by atoms with Gasteiger partial charge in [0.05, 0.1) is 0 Å². The van der Waals surface area contributed by atoms with Crippen molar-refractivity contribution in [3.8, 4) is 10.7 Å². The molecule has 3 nitrogen and oxygen atoms in total. The van der Waals surface area contributed by atoms with E-state index in [9.17, 15) is 0 Å². The van der Waals surface area contributed by atoms with E-state index in [-0.39, 0.29) is 0 Å². The lowest BCUT2D eigenvalue weighted by molar-refractivity contribution is 0.577. The fraction of sp³-hybridized carbons (Fsp3) is 0.429. The summed E-state index contributed by atoms with van der Waals surface area (Å²) in [6.45, 7) is 7.46. The lowest BCUT2D eigenvalue weighted by atomic mass is 10.2. The molecule has 2 heterocycles. The lowest BCUT2D eigenvalue weighted by Gasteiger charge is -2.09. The average Bonchev–Trinajstić information content (AvgIpc) is 2.86. The van der Waals surface area contributed by atoms with Crippen molar-refractivity contribution in [1.82, 2.24) is 15.3 Å². The number of rotatable bonds is 5. The number of pyridine rings is 1. The maximum absolute atomic E-state index is 4.49. The van der Waals surface area contributed by atoms with Crippen LogP contribution in [0, 0.1) is 6.92 Å². The molecule has 2 aromatic heterocycles. The van der Waals surface area contributed by atoms with Crippen molar-refractivity contribution in [2.24, 2.45) is 0 Å². The summed E-state index contributed by atoms with van der Waals surface area (Å²) in [5, 5.41) is 4.49. The molecule has 0 aromatic carbocycles. The van der Waals surface area contributed by atoms with Gasteiger partial charge in [0.25, 0.3) is 0 Å². The third-order valence-electron chi connectivity index (χ3n) is 2.86. The van der Waals surface area contributed by atoms with E-state index in [4.69, 9.17) is 0 Å². The molecule has 4 heteroatoms. The van der Waals surface area contributed by atoms with Gasteiger partial charge in [-0.1, -0.05) is 13.0 Å². The molecule has 0 aliphatic carbocycles. The van der Waals surface area contributed by atoms with E-state index in [1.54, 1.807) is 11.3 Å². The summed E-state index contributed by atoms with van der Waals surface area (Å²) in [6.07, 6.45) is 4.93. The maximum atomic E-state index is 4.49. The van der Waals surface area contributed by atoms with Crippen LogP contribution in [0.25, 0.3) is 10.7 Å². The first-order valence-corrected chi connectivity index (χ1v) is 7.15. The molecule has 0 spiro atoms. The number of aromatic nitrogens is 2. The minimum Gasteiger partial charge on any atom is -0.309 e. The Labute approximate surface area is 112 Å². The third-order valence-corrected chi connectivity index (χ3v) is 4.05. The van der Waals surface area contributed by atoms with Crippen LogP contribution >= 0.6 is 11.3 Å². The van der Waals surface area contributed by atoms with Gasteiger partial charge in [-0.2, -0.15) is 0 Å². The van der Waals surface area contributed by atoms with Crippen LogP contribution in [0.4, 0.5) is 0 Å². The van der Waals surface area contributed by atoms with Gasteiger partial charge in [0.1, 0.15) is 10.7 Å². The Morgan fingerprint density at radius 2 is 2.22 bits per heavy atom. The van der Waals surface area contributed by atoms with E-state index in [2.05, 4.69) is 42.1 Å². The Kier molecular flexibility index (Phi) is 4.44. The maximum Gasteiger partial charge on any atom is 0.142 e. The standard InChI is InChI=1S/C14H19N3S/c1-4-7-15-11(3)12-9-17-14(18-12)13-10(2)6-5-8-16-13/h5-6,8-9,11,15H,4,7H2,1-3H3. The molecule has 0 radical (unpaired) electrons. The highest BCUT2D eigenvalue weighted by Gasteiger charge is 2.12. The first-order valence-electron chi connectivity index (χ1n) is 6.33. The van der Waals surface area contributed by atoms with Crippen LogP contribution in [0.3, 0.4) is 0 Å². The van der Waals surface area contributed by atoms with Crippen molar-refractivity contribution >= 4 is 11.3 Å². The minimum atomic E-state index is 0.361. The number of aryl methyl sites for hydroxylation is 1. The van der Waals surface area contributed by atoms with Crippen molar-refractivity contribution in [3.05, 3.63) is 35.0 Å². The van der Waals surface area contributed by atoms with Crippen LogP contribution in [0.1, 0.15) is 36.8 Å². The van der Waals surface area contributed by atoms with Crippen LogP contribution in [0.2, 0.25) is 0 Å². The van der Waals surface area contributed by atoms with Crippen molar-refractivity contribution in [2.45, 2.75) is 33.2 Å². The predicted molar refractivity (Wildman–Crippen MR) is 76.8 cm³/mol. The largest absolute Gasteiger partial charge is 0.309 e. The van der Waals surface area contributed by atoms with Gasteiger partial charge in [-0.15, -0.1) is 11.3 Å². The molecule has 1 atom stereocenters. The fourth-order valence-corrected chi connectivity index (χ4v) is 2.77. The molecule has 1 unspecified atom stereocenters. The van der Waals surface area contributed by atoms with Crippen LogP contribution in [-0.4, -0.2) is 16.5 Å². The van der Waals surface area contributed by atoms with Crippen molar-refractivity contribution in [2.75, 3.05) is 6.54 Å². The Morgan fingerprint density at radius 1 is 1.39 bits per heavy atom. The summed E-state index contributed by atoms with van der Waals surface area (Å²) in [4.78, 5) is 10.2. The van der Waals surface area contributed by atoms with E-state index in [0.717, 1.165) is 23.7 Å². The van der Waals surface area contributed by atoms with Crippen LogP contribution in [0.15, 0.2) is 24.5 Å². The molecule has 1 N–H and O–H groups in total. The molecule has 0 fully saturated rings. The van der Waals surface area contributed by atoms with E-state index in [1.165, 1.54) is 10.4 Å². The highest BCUT2D eigenvalue weighted by molar-refractivity contribution is 7.15. The smallest absolute Gasteiger partial charge is 0.142 e. The van der Waals surface area contributed by atoms with Crippen molar-refractivity contribution in [3.63, 3.8) is 0 Å². The van der Waals surface area contributed by atoms with Gasteiger partial charge < -0.3 is 5.32 Å². The van der Waals surface area contributed by atoms with Crippen LogP contribution in [0.5, 0.6) is 0 Å². The average molecular weight is 261 g/mol. The number of hydrogen-bond acceptors (Lipinski definition) is 4. The van der Waals surface area contributed by atoms with Gasteiger partial charge >= 0.3 is 0 Å². The predicted octanol–water partition coefficient (Wildman–Crippen LogP) is 3.57. The van der Waals surface area contributed by atoms with Gasteiger partial charge in [0, 0.05) is 23.3 Å². The Morgan fingerprint density at radius 3 is 2.94 bits per heavy atom. The topological polar surface area (TPSA) is 37.8 Å². The quantitative estimate of drug-likeness (QED) is 0.894. The molecule has 96 valence electrons. The highest BCUT2D eigenvalue weighted by atomic mass is 32.1. The second kappa shape index (κ2) is 6.07. The molecular formula is C14H19N3S. The third kappa shape index (κ3) is 2.94. The van der Waals surface area contributed by atoms with Crippen LogP contribution in [-0.2, 0) is 0 Å². The normalized spacial score (nSPS) is 12.6. The summed E-state index contributed by atoms with van der Waals surface area (Å²) >= 11 is 1.72. The molecule has 2 rings (SSSR count). The summed E-state index contributed by atoms with van der Waals surface area (Å²) in [5.41, 5.74) is 2.17. The highest BCUT2D eigenvalue weighted by Crippen LogP contribution is 2.28. The van der Waals surface area contributed by atoms with E-state index < -0.39 is 0 Å². The molecular weight excluding hydrogens is 242 g/mol. The van der Waals surface area contributed by atoms with Crippen molar-refractivity contribution < 1.29 is 0 Å². The molecule has 0 amide bonds. The second-order valence-electron chi connectivity index (χ2n) is 4.41. The number of hydrogen-bond donors (Lipinski definition) is 1. The Hall–Kier alpha value is -1.26. The molecule has 2 aromatic rings. The molecule has 18 heavy (non-hydrogen) atoms. The molecule has 0 saturated carbocycles. The summed E-state index contributed by atoms with van der Waals surface area (Å²) in [6, 6.07) is 4.39. The molecule has 0 bridgehead atoms. The van der Waals surface area contributed by atoms with Crippen molar-refractivity contribution in [1.29, 1.82) is 0 Å². The fourth-order valence-electron chi connectivity index (χ4n) is 1.77. The number of nitrogens with one attached hydrogen (secondary N) is 1.